The number of hydrogen-bond donors (Lipinski definition) is 1. The maximum absolute atomic E-state index is 12.1. The Bertz CT molecular complexity index is 708. The number of anilines is 1. The number of aryl methyl sites for hydroxylation is 2. The third-order valence-electron chi connectivity index (χ3n) is 3.73. The summed E-state index contributed by atoms with van der Waals surface area (Å²) in [6.45, 7) is 3.95. The molecule has 23 heavy (non-hydrogen) atoms. The average Bonchev–Trinajstić information content (AvgIpc) is 2.55. The summed E-state index contributed by atoms with van der Waals surface area (Å²) in [5, 5.41) is 3.44. The number of benzene rings is 2. The standard InChI is InChI=1S/C19H20ClNO2/c1-3-14-4-6-15(7-5-14)18(22)10-11-19(23)21-17-9-8-16(20)12-13(17)2/h4-9,12H,3,10-11H2,1-2H3,(H,21,23). The van der Waals surface area contributed by atoms with Gasteiger partial charge in [-0.25, -0.2) is 0 Å². The summed E-state index contributed by atoms with van der Waals surface area (Å²) in [6, 6.07) is 12.8. The molecular formula is C19H20ClNO2. The van der Waals surface area contributed by atoms with E-state index in [1.54, 1.807) is 18.2 Å². The molecule has 0 unspecified atom stereocenters. The van der Waals surface area contributed by atoms with Gasteiger partial charge in [-0.2, -0.15) is 0 Å². The van der Waals surface area contributed by atoms with Crippen molar-refractivity contribution < 1.29 is 9.59 Å². The van der Waals surface area contributed by atoms with E-state index < -0.39 is 0 Å². The molecule has 1 amide bonds. The van der Waals surface area contributed by atoms with Crippen LogP contribution in [0.2, 0.25) is 5.02 Å². The Balaban J connectivity index is 1.89. The van der Waals surface area contributed by atoms with Crippen molar-refractivity contribution in [2.75, 3.05) is 5.32 Å². The maximum atomic E-state index is 12.1. The van der Waals surface area contributed by atoms with E-state index in [0.29, 0.717) is 10.6 Å². The van der Waals surface area contributed by atoms with Gasteiger partial charge in [-0.1, -0.05) is 42.8 Å². The second-order valence-electron chi connectivity index (χ2n) is 5.48. The Labute approximate surface area is 141 Å². The van der Waals surface area contributed by atoms with Gasteiger partial charge in [0.2, 0.25) is 5.91 Å². The van der Waals surface area contributed by atoms with Crippen molar-refractivity contribution in [3.63, 3.8) is 0 Å². The largest absolute Gasteiger partial charge is 0.326 e. The van der Waals surface area contributed by atoms with Crippen LogP contribution >= 0.6 is 11.6 Å². The number of Topliss-reactive ketones (excluding diaryl/α,β-unsaturated/α-hetero) is 1. The van der Waals surface area contributed by atoms with Crippen LogP contribution < -0.4 is 5.32 Å². The molecule has 0 aliphatic carbocycles. The molecule has 0 atom stereocenters. The van der Waals surface area contributed by atoms with Crippen molar-refractivity contribution >= 4 is 29.0 Å². The van der Waals surface area contributed by atoms with E-state index in [4.69, 9.17) is 11.6 Å². The van der Waals surface area contributed by atoms with E-state index in [1.165, 1.54) is 5.56 Å². The highest BCUT2D eigenvalue weighted by Gasteiger charge is 2.10. The number of carbonyl (C=O) groups is 2. The SMILES string of the molecule is CCc1ccc(C(=O)CCC(=O)Nc2ccc(Cl)cc2C)cc1. The first kappa shape index (κ1) is 17.2. The van der Waals surface area contributed by atoms with Crippen LogP contribution in [-0.2, 0) is 11.2 Å². The Morgan fingerprint density at radius 1 is 1.04 bits per heavy atom. The molecule has 4 heteroatoms. The number of carbonyl (C=O) groups excluding carboxylic acids is 2. The van der Waals surface area contributed by atoms with E-state index in [0.717, 1.165) is 17.7 Å². The van der Waals surface area contributed by atoms with Gasteiger partial charge in [0, 0.05) is 29.1 Å². The van der Waals surface area contributed by atoms with Crippen LogP contribution in [0.25, 0.3) is 0 Å². The van der Waals surface area contributed by atoms with Gasteiger partial charge in [-0.05, 0) is 42.7 Å². The molecule has 3 nitrogen and oxygen atoms in total. The number of amides is 1. The summed E-state index contributed by atoms with van der Waals surface area (Å²) in [5.74, 6) is -0.190. The van der Waals surface area contributed by atoms with Crippen LogP contribution in [0.4, 0.5) is 5.69 Å². The van der Waals surface area contributed by atoms with Crippen LogP contribution in [-0.4, -0.2) is 11.7 Å². The second kappa shape index (κ2) is 7.93. The van der Waals surface area contributed by atoms with Crippen molar-refractivity contribution in [3.8, 4) is 0 Å². The predicted octanol–water partition coefficient (Wildman–Crippen LogP) is 4.81. The van der Waals surface area contributed by atoms with Gasteiger partial charge in [0.25, 0.3) is 0 Å². The zero-order chi connectivity index (χ0) is 16.8. The van der Waals surface area contributed by atoms with Crippen LogP contribution in [0.1, 0.15) is 41.3 Å². The van der Waals surface area contributed by atoms with Gasteiger partial charge in [0.15, 0.2) is 5.78 Å². The van der Waals surface area contributed by atoms with Gasteiger partial charge >= 0.3 is 0 Å². The summed E-state index contributed by atoms with van der Waals surface area (Å²) in [7, 11) is 0. The molecule has 2 rings (SSSR count). The van der Waals surface area contributed by atoms with Crippen LogP contribution in [0, 0.1) is 6.92 Å². The van der Waals surface area contributed by atoms with Crippen LogP contribution in [0.5, 0.6) is 0 Å². The lowest BCUT2D eigenvalue weighted by molar-refractivity contribution is -0.116. The highest BCUT2D eigenvalue weighted by atomic mass is 35.5. The second-order valence-corrected chi connectivity index (χ2v) is 5.92. The van der Waals surface area contributed by atoms with Crippen LogP contribution in [0.15, 0.2) is 42.5 Å². The summed E-state index contributed by atoms with van der Waals surface area (Å²) in [4.78, 5) is 24.1. The fraction of sp³-hybridized carbons (Fsp3) is 0.263. The molecule has 2 aromatic rings. The molecule has 120 valence electrons. The molecule has 0 spiro atoms. The molecule has 0 heterocycles. The fourth-order valence-electron chi connectivity index (χ4n) is 2.28. The lowest BCUT2D eigenvalue weighted by Crippen LogP contribution is -2.14. The van der Waals surface area contributed by atoms with Crippen molar-refractivity contribution in [1.82, 2.24) is 0 Å². The molecule has 0 bridgehead atoms. The topological polar surface area (TPSA) is 46.2 Å². The minimum Gasteiger partial charge on any atom is -0.326 e. The monoisotopic (exact) mass is 329 g/mol. The number of rotatable bonds is 6. The smallest absolute Gasteiger partial charge is 0.224 e. The normalized spacial score (nSPS) is 10.4. The van der Waals surface area contributed by atoms with Crippen molar-refractivity contribution in [2.24, 2.45) is 0 Å². The fourth-order valence-corrected chi connectivity index (χ4v) is 2.50. The van der Waals surface area contributed by atoms with E-state index in [9.17, 15) is 9.59 Å². The third kappa shape index (κ3) is 4.93. The molecule has 2 aromatic carbocycles. The lowest BCUT2D eigenvalue weighted by Gasteiger charge is -2.08. The first-order valence-corrected chi connectivity index (χ1v) is 8.05. The molecule has 1 N–H and O–H groups in total. The summed E-state index contributed by atoms with van der Waals surface area (Å²) in [6.07, 6.45) is 1.30. The minimum atomic E-state index is -0.172. The first-order chi connectivity index (χ1) is 11.0. The molecule has 0 aliphatic heterocycles. The molecule has 0 aliphatic rings. The Kier molecular flexibility index (Phi) is 5.94. The van der Waals surface area contributed by atoms with Gasteiger partial charge in [0.05, 0.1) is 0 Å². The molecule has 0 saturated carbocycles. The van der Waals surface area contributed by atoms with Crippen molar-refractivity contribution in [3.05, 3.63) is 64.2 Å². The highest BCUT2D eigenvalue weighted by Crippen LogP contribution is 2.20. The van der Waals surface area contributed by atoms with Gasteiger partial charge in [0.1, 0.15) is 0 Å². The van der Waals surface area contributed by atoms with Crippen molar-refractivity contribution in [2.45, 2.75) is 33.1 Å². The van der Waals surface area contributed by atoms with Gasteiger partial charge < -0.3 is 5.32 Å². The van der Waals surface area contributed by atoms with E-state index in [-0.39, 0.29) is 24.5 Å². The third-order valence-corrected chi connectivity index (χ3v) is 3.96. The summed E-state index contributed by atoms with van der Waals surface area (Å²) >= 11 is 5.89. The van der Waals surface area contributed by atoms with Gasteiger partial charge in [-0.15, -0.1) is 0 Å². The Morgan fingerprint density at radius 2 is 1.74 bits per heavy atom. The molecular weight excluding hydrogens is 310 g/mol. The number of nitrogens with one attached hydrogen (secondary N) is 1. The quantitative estimate of drug-likeness (QED) is 0.773. The van der Waals surface area contributed by atoms with Gasteiger partial charge in [-0.3, -0.25) is 9.59 Å². The van der Waals surface area contributed by atoms with E-state index >= 15 is 0 Å². The molecule has 0 fully saturated rings. The molecule has 0 aromatic heterocycles. The lowest BCUT2D eigenvalue weighted by atomic mass is 10.0. The number of ketones is 1. The Morgan fingerprint density at radius 3 is 2.35 bits per heavy atom. The summed E-state index contributed by atoms with van der Waals surface area (Å²) < 4.78 is 0. The van der Waals surface area contributed by atoms with E-state index in [1.807, 2.05) is 31.2 Å². The molecule has 0 saturated heterocycles. The average molecular weight is 330 g/mol. The summed E-state index contributed by atoms with van der Waals surface area (Å²) in [5.41, 5.74) is 3.46. The minimum absolute atomic E-state index is 0.0179. The number of halogens is 1. The first-order valence-electron chi connectivity index (χ1n) is 7.67. The maximum Gasteiger partial charge on any atom is 0.224 e. The molecule has 0 radical (unpaired) electrons. The van der Waals surface area contributed by atoms with Crippen molar-refractivity contribution in [1.29, 1.82) is 0 Å². The zero-order valence-electron chi connectivity index (χ0n) is 13.4. The van der Waals surface area contributed by atoms with Crippen LogP contribution in [0.3, 0.4) is 0 Å². The zero-order valence-corrected chi connectivity index (χ0v) is 14.1. The highest BCUT2D eigenvalue weighted by molar-refractivity contribution is 6.30. The van der Waals surface area contributed by atoms with E-state index in [2.05, 4.69) is 12.2 Å². The predicted molar refractivity (Wildman–Crippen MR) is 94.2 cm³/mol. The number of hydrogen-bond acceptors (Lipinski definition) is 2. The Hall–Kier alpha value is -2.13.